The van der Waals surface area contributed by atoms with Crippen molar-refractivity contribution in [1.82, 2.24) is 29.9 Å². The Hall–Kier alpha value is -3.93. The lowest BCUT2D eigenvalue weighted by Gasteiger charge is -2.19. The van der Waals surface area contributed by atoms with Crippen molar-refractivity contribution in [2.75, 3.05) is 5.32 Å². The lowest BCUT2D eigenvalue weighted by Crippen LogP contribution is -2.38. The molecule has 3 heterocycles. The first-order chi connectivity index (χ1) is 17.5. The number of rotatable bonds is 7. The Bertz CT molecular complexity index is 1360. The topological polar surface area (TPSA) is 142 Å². The number of fused-ring (bicyclic) bond motifs is 1. The Morgan fingerprint density at radius 1 is 1.38 bits per heavy atom. The van der Waals surface area contributed by atoms with Gasteiger partial charge >= 0.3 is 12.5 Å². The van der Waals surface area contributed by atoms with Gasteiger partial charge in [0, 0.05) is 29.4 Å². The maximum Gasteiger partial charge on any atom is 0.522 e. The molecule has 0 aromatic carbocycles. The van der Waals surface area contributed by atoms with Gasteiger partial charge in [0.25, 0.3) is 0 Å². The predicted molar refractivity (Wildman–Crippen MR) is 118 cm³/mol. The molecule has 0 unspecified atom stereocenters. The van der Waals surface area contributed by atoms with Crippen LogP contribution in [0.25, 0.3) is 5.65 Å². The minimum Gasteiger partial charge on any atom is -0.443 e. The number of amides is 1. The maximum atomic E-state index is 15.1. The molecule has 5 rings (SSSR count). The van der Waals surface area contributed by atoms with Crippen LogP contribution in [0.1, 0.15) is 55.5 Å². The zero-order valence-corrected chi connectivity index (χ0v) is 19.5. The smallest absolute Gasteiger partial charge is 0.443 e. The summed E-state index contributed by atoms with van der Waals surface area (Å²) in [6, 6.07) is 3.46. The summed E-state index contributed by atoms with van der Waals surface area (Å²) in [7, 11) is 0. The normalized spacial score (nSPS) is 22.5. The maximum absolute atomic E-state index is 15.1. The van der Waals surface area contributed by atoms with Crippen LogP contribution in [0.3, 0.4) is 0 Å². The van der Waals surface area contributed by atoms with E-state index < -0.39 is 37.3 Å². The molecule has 0 aliphatic heterocycles. The van der Waals surface area contributed by atoms with Crippen molar-refractivity contribution in [3.05, 3.63) is 35.4 Å². The molecule has 3 atom stereocenters. The Labute approximate surface area is 207 Å². The van der Waals surface area contributed by atoms with Gasteiger partial charge in [0.2, 0.25) is 5.95 Å². The Kier molecular flexibility index (Phi) is 6.14. The number of nitriles is 1. The Morgan fingerprint density at radius 2 is 2.16 bits per heavy atom. The number of hydrogen-bond acceptors (Lipinski definition) is 8. The van der Waals surface area contributed by atoms with Gasteiger partial charge in [-0.05, 0) is 32.6 Å². The van der Waals surface area contributed by atoms with Crippen molar-refractivity contribution >= 4 is 23.5 Å². The second kappa shape index (κ2) is 9.18. The van der Waals surface area contributed by atoms with Crippen molar-refractivity contribution in [3.63, 3.8) is 0 Å². The van der Waals surface area contributed by atoms with Gasteiger partial charge in [-0.1, -0.05) is 0 Å². The fraction of sp³-hybridized carbons (Fsp3) is 0.500. The number of imidazole rings is 1. The largest absolute Gasteiger partial charge is 0.522 e. The van der Waals surface area contributed by atoms with E-state index in [9.17, 15) is 23.2 Å². The van der Waals surface area contributed by atoms with Crippen LogP contribution in [0.15, 0.2) is 18.5 Å². The summed E-state index contributed by atoms with van der Waals surface area (Å²) < 4.78 is 62.8. The molecule has 0 spiro atoms. The molecule has 15 heteroatoms. The monoisotopic (exact) mass is 522 g/mol. The molecule has 11 nitrogen and oxygen atoms in total. The predicted octanol–water partition coefficient (Wildman–Crippen LogP) is 3.97. The second-order valence-electron chi connectivity index (χ2n) is 9.36. The number of aromatic amines is 1. The van der Waals surface area contributed by atoms with Crippen LogP contribution >= 0.6 is 0 Å². The van der Waals surface area contributed by atoms with E-state index in [1.54, 1.807) is 6.07 Å². The van der Waals surface area contributed by atoms with Crippen LogP contribution < -0.4 is 10.6 Å². The number of halogens is 4. The van der Waals surface area contributed by atoms with Gasteiger partial charge in [0.05, 0.1) is 18.5 Å². The summed E-state index contributed by atoms with van der Waals surface area (Å²) in [5.74, 6) is -0.204. The van der Waals surface area contributed by atoms with E-state index in [-0.39, 0.29) is 34.2 Å². The molecule has 196 valence electrons. The second-order valence-corrected chi connectivity index (χ2v) is 9.36. The standard InChI is InChI=1S/C22H22F4N8O3/c1-21(4-5-21)31-20(35)37-15-3-2-13(17(15)23)14-6-16(33-32-14)30-19-28-8-11(7-27)18-29-12(9-34(18)19)10-36-22(24,25)26/h6,8-9,13,15,17H,2-5,10H2,1H3,(H,31,35)(H2,28,30,32,33)/t13-,15-,17+/m0/s1. The number of anilines is 2. The number of ether oxygens (including phenoxy) is 2. The Morgan fingerprint density at radius 3 is 2.86 bits per heavy atom. The van der Waals surface area contributed by atoms with Gasteiger partial charge in [-0.25, -0.2) is 19.2 Å². The van der Waals surface area contributed by atoms with E-state index in [4.69, 9.17) is 4.74 Å². The number of alkyl carbamates (subject to hydrolysis) is 1. The molecule has 37 heavy (non-hydrogen) atoms. The van der Waals surface area contributed by atoms with Gasteiger partial charge in [0.15, 0.2) is 11.5 Å². The third-order valence-electron chi connectivity index (χ3n) is 6.45. The average molecular weight is 522 g/mol. The minimum atomic E-state index is -4.84. The fourth-order valence-corrected chi connectivity index (χ4v) is 4.23. The zero-order valence-electron chi connectivity index (χ0n) is 19.5. The van der Waals surface area contributed by atoms with Gasteiger partial charge < -0.3 is 15.4 Å². The van der Waals surface area contributed by atoms with Gasteiger partial charge in [-0.3, -0.25) is 14.2 Å². The Balaban J connectivity index is 1.28. The van der Waals surface area contributed by atoms with Crippen LogP contribution in [0.5, 0.6) is 0 Å². The van der Waals surface area contributed by atoms with E-state index in [1.807, 2.05) is 13.0 Å². The molecular weight excluding hydrogens is 500 g/mol. The van der Waals surface area contributed by atoms with Crippen molar-refractivity contribution in [2.24, 2.45) is 0 Å². The quantitative estimate of drug-likeness (QED) is 0.396. The number of carbonyl (C=O) groups excluding carboxylic acids is 1. The molecule has 0 radical (unpaired) electrons. The molecule has 1 amide bonds. The number of aromatic nitrogens is 5. The van der Waals surface area contributed by atoms with Crippen LogP contribution in [-0.4, -0.2) is 54.8 Å². The number of alkyl halides is 4. The van der Waals surface area contributed by atoms with Gasteiger partial charge in [-0.15, -0.1) is 13.2 Å². The molecule has 0 saturated heterocycles. The molecule has 3 aromatic rings. The number of carbonyl (C=O) groups is 1. The van der Waals surface area contributed by atoms with Crippen LogP contribution in [0, 0.1) is 11.3 Å². The summed E-state index contributed by atoms with van der Waals surface area (Å²) in [5, 5.41) is 21.8. The van der Waals surface area contributed by atoms with E-state index in [0.717, 1.165) is 12.8 Å². The highest BCUT2D eigenvalue weighted by Gasteiger charge is 2.43. The molecular formula is C22H22F4N8O3. The highest BCUT2D eigenvalue weighted by atomic mass is 19.4. The van der Waals surface area contributed by atoms with Crippen LogP contribution in [-0.2, 0) is 16.1 Å². The molecule has 3 N–H and O–H groups in total. The summed E-state index contributed by atoms with van der Waals surface area (Å²) in [6.07, 6.45) is -2.79. The number of H-pyrrole nitrogens is 1. The van der Waals surface area contributed by atoms with Crippen molar-refractivity contribution in [2.45, 2.75) is 69.3 Å². The summed E-state index contributed by atoms with van der Waals surface area (Å²) in [5.41, 5.74) is 0.268. The first-order valence-corrected chi connectivity index (χ1v) is 11.5. The van der Waals surface area contributed by atoms with E-state index in [2.05, 4.69) is 35.5 Å². The third kappa shape index (κ3) is 5.43. The molecule has 0 bridgehead atoms. The van der Waals surface area contributed by atoms with E-state index in [1.165, 1.54) is 16.8 Å². The summed E-state index contributed by atoms with van der Waals surface area (Å²) in [6.45, 7) is 1.05. The van der Waals surface area contributed by atoms with Gasteiger partial charge in [0.1, 0.15) is 23.9 Å². The van der Waals surface area contributed by atoms with Crippen molar-refractivity contribution in [1.29, 1.82) is 5.26 Å². The third-order valence-corrected chi connectivity index (χ3v) is 6.45. The minimum absolute atomic E-state index is 0.0449. The molecule has 2 saturated carbocycles. The summed E-state index contributed by atoms with van der Waals surface area (Å²) in [4.78, 5) is 20.2. The molecule has 2 aliphatic rings. The SMILES string of the molecule is CC1(NC(=O)O[C@H]2CC[C@@H](c3cc(Nc4ncc(C#N)c5nc(COC(F)(F)F)cn45)n[nH]3)[C@H]2F)CC1. The lowest BCUT2D eigenvalue weighted by molar-refractivity contribution is -0.330. The molecule has 2 fully saturated rings. The van der Waals surface area contributed by atoms with Crippen LogP contribution in [0.4, 0.5) is 34.1 Å². The number of hydrogen-bond donors (Lipinski definition) is 3. The van der Waals surface area contributed by atoms with Crippen LogP contribution in [0.2, 0.25) is 0 Å². The summed E-state index contributed by atoms with van der Waals surface area (Å²) >= 11 is 0. The molecule has 3 aromatic heterocycles. The molecule has 2 aliphatic carbocycles. The van der Waals surface area contributed by atoms with Crippen molar-refractivity contribution < 1.29 is 31.8 Å². The zero-order chi connectivity index (χ0) is 26.4. The number of nitrogens with zero attached hydrogens (tertiary/aromatic N) is 5. The van der Waals surface area contributed by atoms with E-state index in [0.29, 0.717) is 18.5 Å². The van der Waals surface area contributed by atoms with E-state index >= 15 is 4.39 Å². The first-order valence-electron chi connectivity index (χ1n) is 11.5. The van der Waals surface area contributed by atoms with Crippen molar-refractivity contribution in [3.8, 4) is 6.07 Å². The average Bonchev–Trinajstić information content (AvgIpc) is 3.20. The lowest BCUT2D eigenvalue weighted by atomic mass is 10.0. The fourth-order valence-electron chi connectivity index (χ4n) is 4.23. The first kappa shape index (κ1) is 24.8. The highest BCUT2D eigenvalue weighted by Crippen LogP contribution is 2.39. The van der Waals surface area contributed by atoms with Gasteiger partial charge in [-0.2, -0.15) is 10.4 Å². The number of nitrogens with one attached hydrogen (secondary N) is 3. The highest BCUT2D eigenvalue weighted by molar-refractivity contribution is 5.69.